The number of hydrogen-bond acceptors (Lipinski definition) is 5. The van der Waals surface area contributed by atoms with Gasteiger partial charge in [-0.1, -0.05) is 12.1 Å². The van der Waals surface area contributed by atoms with Gasteiger partial charge in [-0.05, 0) is 30.5 Å². The predicted molar refractivity (Wildman–Crippen MR) is 108 cm³/mol. The summed E-state index contributed by atoms with van der Waals surface area (Å²) in [7, 11) is 1.87. The molecule has 0 fully saturated rings. The third-order valence-corrected chi connectivity index (χ3v) is 5.31. The largest absolute Gasteiger partial charge is 0.493 e. The second kappa shape index (κ2) is 6.73. The van der Waals surface area contributed by atoms with Gasteiger partial charge in [0.05, 0.1) is 29.8 Å². The lowest BCUT2D eigenvalue weighted by Gasteiger charge is -2.14. The Morgan fingerprint density at radius 1 is 1.31 bits per heavy atom. The van der Waals surface area contributed by atoms with E-state index in [1.165, 1.54) is 0 Å². The summed E-state index contributed by atoms with van der Waals surface area (Å²) >= 11 is 0. The number of nitrogens with zero attached hydrogens (tertiary/aromatic N) is 4. The number of fused-ring (bicyclic) bond motifs is 2. The highest BCUT2D eigenvalue weighted by Crippen LogP contribution is 2.37. The monoisotopic (exact) mass is 388 g/mol. The summed E-state index contributed by atoms with van der Waals surface area (Å²) in [6.07, 6.45) is 6.90. The van der Waals surface area contributed by atoms with Crippen molar-refractivity contribution in [3.8, 4) is 28.3 Å². The van der Waals surface area contributed by atoms with Crippen LogP contribution in [0.3, 0.4) is 0 Å². The average Bonchev–Trinajstić information content (AvgIpc) is 3.27. The van der Waals surface area contributed by atoms with Gasteiger partial charge in [-0.25, -0.2) is 9.97 Å². The molecule has 0 saturated carbocycles. The minimum absolute atomic E-state index is 0.314. The van der Waals surface area contributed by atoms with Crippen molar-refractivity contribution in [2.24, 2.45) is 12.8 Å². The smallest absolute Gasteiger partial charge is 0.225 e. The molecule has 1 unspecified atom stereocenters. The van der Waals surface area contributed by atoms with Crippen LogP contribution in [0.5, 0.6) is 5.75 Å². The number of primary amides is 1. The Balaban J connectivity index is 1.61. The number of aromatic amines is 1. The van der Waals surface area contributed by atoms with Crippen LogP contribution in [-0.4, -0.2) is 37.2 Å². The first-order chi connectivity index (χ1) is 14.1. The SMILES string of the molecule is Cn1cc(-c2nc3nccc(-c4ccc5c(c4)OCCCC5C(N)=O)c3[nH]2)cn1. The minimum Gasteiger partial charge on any atom is -0.493 e. The van der Waals surface area contributed by atoms with Crippen molar-refractivity contribution in [3.05, 3.63) is 48.4 Å². The van der Waals surface area contributed by atoms with Crippen LogP contribution in [0, 0.1) is 0 Å². The summed E-state index contributed by atoms with van der Waals surface area (Å²) in [5.74, 6) is 0.794. The van der Waals surface area contributed by atoms with E-state index in [4.69, 9.17) is 10.5 Å². The number of imidazole rings is 1. The molecule has 5 rings (SSSR count). The van der Waals surface area contributed by atoms with Crippen LogP contribution in [0.25, 0.3) is 33.7 Å². The molecule has 146 valence electrons. The number of nitrogens with one attached hydrogen (secondary N) is 1. The molecular formula is C21H20N6O2. The van der Waals surface area contributed by atoms with E-state index in [9.17, 15) is 4.79 Å². The molecule has 3 N–H and O–H groups in total. The number of benzene rings is 1. The first-order valence-corrected chi connectivity index (χ1v) is 9.50. The number of hydrogen-bond donors (Lipinski definition) is 2. The lowest BCUT2D eigenvalue weighted by molar-refractivity contribution is -0.119. The number of aromatic nitrogens is 5. The number of amides is 1. The van der Waals surface area contributed by atoms with E-state index in [2.05, 4.69) is 20.1 Å². The van der Waals surface area contributed by atoms with Gasteiger partial charge in [-0.15, -0.1) is 0 Å². The van der Waals surface area contributed by atoms with E-state index in [0.29, 0.717) is 30.2 Å². The molecule has 0 saturated heterocycles. The van der Waals surface area contributed by atoms with Gasteiger partial charge in [0.25, 0.3) is 0 Å². The maximum atomic E-state index is 11.9. The number of H-pyrrole nitrogens is 1. The molecule has 8 nitrogen and oxygen atoms in total. The van der Waals surface area contributed by atoms with E-state index in [0.717, 1.165) is 34.2 Å². The van der Waals surface area contributed by atoms with Crippen molar-refractivity contribution in [2.75, 3.05) is 6.61 Å². The zero-order valence-electron chi connectivity index (χ0n) is 15.9. The summed E-state index contributed by atoms with van der Waals surface area (Å²) in [6, 6.07) is 7.84. The number of nitrogens with two attached hydrogens (primary N) is 1. The molecule has 0 radical (unpaired) electrons. The summed E-state index contributed by atoms with van der Waals surface area (Å²) in [6.45, 7) is 0.571. The van der Waals surface area contributed by atoms with Crippen LogP contribution >= 0.6 is 0 Å². The molecule has 1 aromatic carbocycles. The van der Waals surface area contributed by atoms with Crippen molar-refractivity contribution in [2.45, 2.75) is 18.8 Å². The molecule has 1 amide bonds. The van der Waals surface area contributed by atoms with Crippen LogP contribution in [0.4, 0.5) is 0 Å². The average molecular weight is 388 g/mol. The normalized spacial score (nSPS) is 16.2. The van der Waals surface area contributed by atoms with E-state index in [-0.39, 0.29) is 11.8 Å². The van der Waals surface area contributed by atoms with Crippen LogP contribution in [0.1, 0.15) is 24.3 Å². The van der Waals surface area contributed by atoms with Crippen LogP contribution < -0.4 is 10.5 Å². The molecule has 4 aromatic rings. The van der Waals surface area contributed by atoms with E-state index < -0.39 is 0 Å². The Kier molecular flexibility index (Phi) is 4.04. The Morgan fingerprint density at radius 2 is 2.21 bits per heavy atom. The Labute approximate surface area is 166 Å². The van der Waals surface area contributed by atoms with Crippen LogP contribution in [0.15, 0.2) is 42.9 Å². The predicted octanol–water partition coefficient (Wildman–Crippen LogP) is 2.77. The highest BCUT2D eigenvalue weighted by atomic mass is 16.5. The third-order valence-electron chi connectivity index (χ3n) is 5.31. The molecule has 0 spiro atoms. The Morgan fingerprint density at radius 3 is 3.00 bits per heavy atom. The zero-order valence-corrected chi connectivity index (χ0v) is 15.9. The van der Waals surface area contributed by atoms with Gasteiger partial charge in [0.15, 0.2) is 5.65 Å². The first-order valence-electron chi connectivity index (χ1n) is 9.50. The topological polar surface area (TPSA) is 112 Å². The molecule has 4 heterocycles. The molecule has 8 heteroatoms. The van der Waals surface area contributed by atoms with E-state index >= 15 is 0 Å². The van der Waals surface area contributed by atoms with Gasteiger partial charge >= 0.3 is 0 Å². The van der Waals surface area contributed by atoms with Gasteiger partial charge in [0.2, 0.25) is 5.91 Å². The third kappa shape index (κ3) is 3.02. The number of ether oxygens (including phenoxy) is 1. The number of carbonyl (C=O) groups excluding carboxylic acids is 1. The number of pyridine rings is 1. The fraction of sp³-hybridized carbons (Fsp3) is 0.238. The van der Waals surface area contributed by atoms with E-state index in [1.54, 1.807) is 17.1 Å². The quantitative estimate of drug-likeness (QED) is 0.560. The Hall–Kier alpha value is -3.68. The molecular weight excluding hydrogens is 368 g/mol. The summed E-state index contributed by atoms with van der Waals surface area (Å²) in [5, 5.41) is 4.20. The molecule has 1 aliphatic rings. The van der Waals surface area contributed by atoms with Gasteiger partial charge < -0.3 is 15.5 Å². The lowest BCUT2D eigenvalue weighted by atomic mass is 9.92. The molecule has 3 aromatic heterocycles. The van der Waals surface area contributed by atoms with Crippen molar-refractivity contribution in [1.29, 1.82) is 0 Å². The molecule has 1 aliphatic heterocycles. The van der Waals surface area contributed by atoms with Gasteiger partial charge in [-0.3, -0.25) is 9.48 Å². The van der Waals surface area contributed by atoms with E-state index in [1.807, 2.05) is 37.5 Å². The molecule has 29 heavy (non-hydrogen) atoms. The molecule has 0 aliphatic carbocycles. The number of carbonyl (C=O) groups is 1. The number of aryl methyl sites for hydroxylation is 1. The fourth-order valence-electron chi connectivity index (χ4n) is 3.87. The first kappa shape index (κ1) is 17.4. The van der Waals surface area contributed by atoms with Gasteiger partial charge in [-0.2, -0.15) is 5.10 Å². The van der Waals surface area contributed by atoms with Crippen LogP contribution in [0.2, 0.25) is 0 Å². The number of rotatable bonds is 3. The van der Waals surface area contributed by atoms with Crippen molar-refractivity contribution in [1.82, 2.24) is 24.7 Å². The maximum Gasteiger partial charge on any atom is 0.225 e. The van der Waals surface area contributed by atoms with Crippen molar-refractivity contribution < 1.29 is 9.53 Å². The maximum absolute atomic E-state index is 11.9. The molecule has 0 bridgehead atoms. The highest BCUT2D eigenvalue weighted by Gasteiger charge is 2.25. The summed E-state index contributed by atoms with van der Waals surface area (Å²) < 4.78 is 7.65. The Bertz CT molecular complexity index is 1230. The highest BCUT2D eigenvalue weighted by molar-refractivity contribution is 5.92. The van der Waals surface area contributed by atoms with Crippen LogP contribution in [-0.2, 0) is 11.8 Å². The summed E-state index contributed by atoms with van der Waals surface area (Å²) in [5.41, 5.74) is 10.8. The fourth-order valence-corrected chi connectivity index (χ4v) is 3.87. The standard InChI is InChI=1S/C21H20N6O2/c1-27-11-13(10-24-27)20-25-18-14(6-7-23-21(18)26-20)12-4-5-15-16(19(22)28)3-2-8-29-17(15)9-12/h4-7,9-11,16H,2-3,8H2,1H3,(H2,22,28)(H,23,25,26). The second-order valence-corrected chi connectivity index (χ2v) is 7.24. The van der Waals surface area contributed by atoms with Gasteiger partial charge in [0.1, 0.15) is 11.6 Å². The zero-order chi connectivity index (χ0) is 20.0. The van der Waals surface area contributed by atoms with Gasteiger partial charge in [0, 0.05) is 30.6 Å². The lowest BCUT2D eigenvalue weighted by Crippen LogP contribution is -2.21. The second-order valence-electron chi connectivity index (χ2n) is 7.24. The van der Waals surface area contributed by atoms with Crippen molar-refractivity contribution >= 4 is 17.1 Å². The summed E-state index contributed by atoms with van der Waals surface area (Å²) in [4.78, 5) is 24.3. The minimum atomic E-state index is -0.316. The molecule has 1 atom stereocenters. The van der Waals surface area contributed by atoms with Crippen molar-refractivity contribution in [3.63, 3.8) is 0 Å².